The van der Waals surface area contributed by atoms with Gasteiger partial charge in [0.2, 0.25) is 0 Å². The molecular weight excluding hydrogens is 242 g/mol. The summed E-state index contributed by atoms with van der Waals surface area (Å²) in [5, 5.41) is 16.9. The number of hydrogen-bond donors (Lipinski definition) is 2. The van der Waals surface area contributed by atoms with E-state index in [1.165, 1.54) is 12.8 Å². The molecule has 1 fully saturated rings. The van der Waals surface area contributed by atoms with Gasteiger partial charge in [-0.05, 0) is 25.2 Å². The van der Waals surface area contributed by atoms with E-state index in [0.29, 0.717) is 35.0 Å². The number of aryl methyl sites for hydroxylation is 2. The van der Waals surface area contributed by atoms with Crippen LogP contribution in [0.25, 0.3) is 0 Å². The van der Waals surface area contributed by atoms with Crippen molar-refractivity contribution < 1.29 is 9.90 Å². The molecule has 1 aliphatic rings. The number of nitrogens with one attached hydrogen (secondary N) is 1. The molecule has 0 radical (unpaired) electrons. The van der Waals surface area contributed by atoms with Crippen LogP contribution in [-0.2, 0) is 7.05 Å². The molecule has 0 bridgehead atoms. The molecule has 2 N–H and O–H groups in total. The zero-order valence-electron chi connectivity index (χ0n) is 12.1. The van der Waals surface area contributed by atoms with Gasteiger partial charge in [0.25, 0.3) is 0 Å². The second-order valence-corrected chi connectivity index (χ2v) is 5.76. The fraction of sp³-hybridized carbons (Fsp3) is 0.714. The first-order chi connectivity index (χ1) is 8.91. The van der Waals surface area contributed by atoms with Gasteiger partial charge in [-0.25, -0.2) is 4.79 Å². The Morgan fingerprint density at radius 3 is 2.74 bits per heavy atom. The van der Waals surface area contributed by atoms with Crippen LogP contribution < -0.4 is 5.32 Å². The summed E-state index contributed by atoms with van der Waals surface area (Å²) in [5.41, 5.74) is 0.863. The van der Waals surface area contributed by atoms with E-state index < -0.39 is 5.97 Å². The van der Waals surface area contributed by atoms with E-state index in [2.05, 4.69) is 24.3 Å². The highest BCUT2D eigenvalue weighted by Crippen LogP contribution is 2.32. The van der Waals surface area contributed by atoms with Crippen LogP contribution in [0.5, 0.6) is 0 Å². The minimum Gasteiger partial charge on any atom is -0.477 e. The average molecular weight is 265 g/mol. The molecule has 106 valence electrons. The number of anilines is 1. The van der Waals surface area contributed by atoms with E-state index in [-0.39, 0.29) is 0 Å². The first-order valence-corrected chi connectivity index (χ1v) is 6.95. The standard InChI is InChI=1S/C14H23N3O2/c1-8-6-5-7-11(9(8)2)15-13-12(14(18)19)10(3)16-17(13)4/h8-9,11,15H,5-7H2,1-4H3,(H,18,19). The molecule has 1 aromatic rings. The zero-order valence-corrected chi connectivity index (χ0v) is 12.1. The van der Waals surface area contributed by atoms with Crippen molar-refractivity contribution in [3.8, 4) is 0 Å². The lowest BCUT2D eigenvalue weighted by Gasteiger charge is -2.35. The highest BCUT2D eigenvalue weighted by molar-refractivity contribution is 5.94. The van der Waals surface area contributed by atoms with Crippen molar-refractivity contribution in [1.82, 2.24) is 9.78 Å². The van der Waals surface area contributed by atoms with Crippen LogP contribution in [0.2, 0.25) is 0 Å². The van der Waals surface area contributed by atoms with Gasteiger partial charge in [0, 0.05) is 13.1 Å². The molecule has 0 saturated heterocycles. The molecule has 1 aromatic heterocycles. The molecule has 3 atom stereocenters. The number of nitrogens with zero attached hydrogens (tertiary/aromatic N) is 2. The molecular formula is C14H23N3O2. The van der Waals surface area contributed by atoms with Gasteiger partial charge in [-0.3, -0.25) is 4.68 Å². The van der Waals surface area contributed by atoms with Crippen molar-refractivity contribution in [3.63, 3.8) is 0 Å². The van der Waals surface area contributed by atoms with Crippen LogP contribution in [-0.4, -0.2) is 26.9 Å². The third-order valence-electron chi connectivity index (χ3n) is 4.47. The lowest BCUT2D eigenvalue weighted by molar-refractivity contribution is 0.0697. The first-order valence-electron chi connectivity index (χ1n) is 6.95. The number of carboxylic acids is 1. The van der Waals surface area contributed by atoms with Crippen molar-refractivity contribution in [2.45, 2.75) is 46.1 Å². The van der Waals surface area contributed by atoms with E-state index in [9.17, 15) is 9.90 Å². The number of carboxylic acid groups (broad SMARTS) is 1. The quantitative estimate of drug-likeness (QED) is 0.881. The number of aromatic carboxylic acids is 1. The molecule has 2 rings (SSSR count). The maximum absolute atomic E-state index is 11.4. The number of rotatable bonds is 3. The minimum absolute atomic E-state index is 0.299. The van der Waals surface area contributed by atoms with Crippen LogP contribution in [0.1, 0.15) is 49.2 Å². The zero-order chi connectivity index (χ0) is 14.2. The number of aromatic nitrogens is 2. The van der Waals surface area contributed by atoms with Gasteiger partial charge >= 0.3 is 5.97 Å². The van der Waals surface area contributed by atoms with Crippen molar-refractivity contribution >= 4 is 11.8 Å². The van der Waals surface area contributed by atoms with E-state index >= 15 is 0 Å². The Morgan fingerprint density at radius 1 is 1.42 bits per heavy atom. The van der Waals surface area contributed by atoms with Crippen LogP contribution in [0.4, 0.5) is 5.82 Å². The van der Waals surface area contributed by atoms with Gasteiger partial charge in [-0.1, -0.05) is 26.7 Å². The second kappa shape index (κ2) is 5.23. The summed E-state index contributed by atoms with van der Waals surface area (Å²) in [5.74, 6) is 0.944. The van der Waals surface area contributed by atoms with Gasteiger partial charge in [0.1, 0.15) is 11.4 Å². The lowest BCUT2D eigenvalue weighted by atomic mass is 9.78. The fourth-order valence-corrected chi connectivity index (χ4v) is 3.04. The van der Waals surface area contributed by atoms with Crippen LogP contribution >= 0.6 is 0 Å². The smallest absolute Gasteiger partial charge is 0.341 e. The summed E-state index contributed by atoms with van der Waals surface area (Å²) in [6.07, 6.45) is 3.55. The Balaban J connectivity index is 2.25. The largest absolute Gasteiger partial charge is 0.477 e. The van der Waals surface area contributed by atoms with E-state index in [4.69, 9.17) is 0 Å². The molecule has 1 saturated carbocycles. The van der Waals surface area contributed by atoms with Crippen LogP contribution in [0.15, 0.2) is 0 Å². The maximum Gasteiger partial charge on any atom is 0.341 e. The molecule has 5 heteroatoms. The third kappa shape index (κ3) is 2.60. The maximum atomic E-state index is 11.4. The van der Waals surface area contributed by atoms with Crippen LogP contribution in [0.3, 0.4) is 0 Å². The molecule has 5 nitrogen and oxygen atoms in total. The Labute approximate surface area is 114 Å². The summed E-state index contributed by atoms with van der Waals surface area (Å²) in [6, 6.07) is 0.330. The summed E-state index contributed by atoms with van der Waals surface area (Å²) >= 11 is 0. The predicted molar refractivity (Wildman–Crippen MR) is 74.5 cm³/mol. The van der Waals surface area contributed by atoms with E-state index in [1.807, 2.05) is 0 Å². The Hall–Kier alpha value is -1.52. The predicted octanol–water partition coefficient (Wildman–Crippen LogP) is 2.66. The van der Waals surface area contributed by atoms with Crippen molar-refractivity contribution in [1.29, 1.82) is 0 Å². The molecule has 3 unspecified atom stereocenters. The monoisotopic (exact) mass is 265 g/mol. The third-order valence-corrected chi connectivity index (χ3v) is 4.47. The summed E-state index contributed by atoms with van der Waals surface area (Å²) in [7, 11) is 1.79. The molecule has 0 aliphatic heterocycles. The first kappa shape index (κ1) is 13.9. The SMILES string of the molecule is Cc1nn(C)c(NC2CCCC(C)C2C)c1C(=O)O. The Morgan fingerprint density at radius 2 is 2.11 bits per heavy atom. The second-order valence-electron chi connectivity index (χ2n) is 5.76. The molecule has 19 heavy (non-hydrogen) atoms. The van der Waals surface area contributed by atoms with Crippen molar-refractivity contribution in [2.75, 3.05) is 5.32 Å². The molecule has 0 aromatic carbocycles. The summed E-state index contributed by atoms with van der Waals surface area (Å²) in [4.78, 5) is 11.4. The topological polar surface area (TPSA) is 67.2 Å². The fourth-order valence-electron chi connectivity index (χ4n) is 3.04. The summed E-state index contributed by atoms with van der Waals surface area (Å²) in [6.45, 7) is 6.25. The lowest BCUT2D eigenvalue weighted by Crippen LogP contribution is -2.36. The van der Waals surface area contributed by atoms with E-state index in [0.717, 1.165) is 6.42 Å². The van der Waals surface area contributed by atoms with Crippen LogP contribution in [0, 0.1) is 18.8 Å². The molecule has 1 aliphatic carbocycles. The van der Waals surface area contributed by atoms with Gasteiger partial charge < -0.3 is 10.4 Å². The number of hydrogen-bond acceptors (Lipinski definition) is 3. The van der Waals surface area contributed by atoms with E-state index in [1.54, 1.807) is 18.7 Å². The van der Waals surface area contributed by atoms with Crippen molar-refractivity contribution in [3.05, 3.63) is 11.3 Å². The van der Waals surface area contributed by atoms with Gasteiger partial charge in [-0.2, -0.15) is 5.10 Å². The Kier molecular flexibility index (Phi) is 3.83. The molecule has 0 spiro atoms. The highest BCUT2D eigenvalue weighted by atomic mass is 16.4. The minimum atomic E-state index is -0.912. The van der Waals surface area contributed by atoms with Gasteiger partial charge in [0.15, 0.2) is 0 Å². The normalized spacial score (nSPS) is 27.3. The molecule has 1 heterocycles. The summed E-state index contributed by atoms with van der Waals surface area (Å²) < 4.78 is 1.64. The number of carbonyl (C=O) groups is 1. The molecule has 0 amide bonds. The van der Waals surface area contributed by atoms with Gasteiger partial charge in [0.05, 0.1) is 5.69 Å². The Bertz CT molecular complexity index is 481. The van der Waals surface area contributed by atoms with Crippen molar-refractivity contribution in [2.24, 2.45) is 18.9 Å². The average Bonchev–Trinajstić information content (AvgIpc) is 2.60. The van der Waals surface area contributed by atoms with Gasteiger partial charge in [-0.15, -0.1) is 0 Å². The highest BCUT2D eigenvalue weighted by Gasteiger charge is 2.29.